The predicted molar refractivity (Wildman–Crippen MR) is 102 cm³/mol. The van der Waals surface area contributed by atoms with Gasteiger partial charge in [-0.3, -0.25) is 4.79 Å². The van der Waals surface area contributed by atoms with Crippen LogP contribution in [0.5, 0.6) is 5.75 Å². The van der Waals surface area contributed by atoms with Crippen LogP contribution in [0.15, 0.2) is 42.5 Å². The van der Waals surface area contributed by atoms with E-state index in [1.165, 1.54) is 23.5 Å². The summed E-state index contributed by atoms with van der Waals surface area (Å²) in [6.07, 6.45) is 2.16. The fraction of sp³-hybridized carbons (Fsp3) is 0.316. The standard InChI is InChI=1S/C19H19NO2S2/c21-18(14-5-6-17-13(11-14)7-8-22-17)20-16-4-1-3-15(12-16)19-23-9-2-10-24-19/h1,3-6,11-12,19H,2,7-10H2,(H,20,21). The van der Waals surface area contributed by atoms with E-state index >= 15 is 0 Å². The molecule has 5 heteroatoms. The molecule has 1 amide bonds. The number of amides is 1. The highest BCUT2D eigenvalue weighted by Gasteiger charge is 2.18. The lowest BCUT2D eigenvalue weighted by atomic mass is 10.1. The summed E-state index contributed by atoms with van der Waals surface area (Å²) in [5.74, 6) is 3.27. The Kier molecular flexibility index (Phi) is 4.72. The number of thioether (sulfide) groups is 2. The smallest absolute Gasteiger partial charge is 0.255 e. The van der Waals surface area contributed by atoms with Gasteiger partial charge in [-0.05, 0) is 59.4 Å². The number of anilines is 1. The minimum Gasteiger partial charge on any atom is -0.493 e. The quantitative estimate of drug-likeness (QED) is 0.861. The van der Waals surface area contributed by atoms with Crippen LogP contribution in [0, 0.1) is 0 Å². The molecule has 0 atom stereocenters. The van der Waals surface area contributed by atoms with Gasteiger partial charge >= 0.3 is 0 Å². The molecule has 2 heterocycles. The third kappa shape index (κ3) is 3.42. The molecular weight excluding hydrogens is 338 g/mol. The van der Waals surface area contributed by atoms with Gasteiger partial charge in [0.2, 0.25) is 0 Å². The summed E-state index contributed by atoms with van der Waals surface area (Å²) in [6, 6.07) is 13.9. The summed E-state index contributed by atoms with van der Waals surface area (Å²) in [6.45, 7) is 0.708. The van der Waals surface area contributed by atoms with Crippen molar-refractivity contribution in [3.05, 3.63) is 59.2 Å². The molecule has 0 aromatic heterocycles. The molecule has 0 radical (unpaired) electrons. The Balaban J connectivity index is 1.49. The molecule has 124 valence electrons. The molecular formula is C19H19NO2S2. The van der Waals surface area contributed by atoms with Gasteiger partial charge in [-0.2, -0.15) is 0 Å². The van der Waals surface area contributed by atoms with Crippen molar-refractivity contribution in [2.24, 2.45) is 0 Å². The molecule has 1 N–H and O–H groups in total. The Morgan fingerprint density at radius 2 is 2.00 bits per heavy atom. The predicted octanol–water partition coefficient (Wildman–Crippen LogP) is 4.74. The number of hydrogen-bond acceptors (Lipinski definition) is 4. The molecule has 2 aromatic rings. The molecule has 1 fully saturated rings. The molecule has 4 rings (SSSR count). The van der Waals surface area contributed by atoms with Gasteiger partial charge < -0.3 is 10.1 Å². The van der Waals surface area contributed by atoms with Crippen molar-refractivity contribution >= 4 is 35.1 Å². The lowest BCUT2D eigenvalue weighted by molar-refractivity contribution is 0.102. The average molecular weight is 358 g/mol. The molecule has 1 saturated heterocycles. The fourth-order valence-electron chi connectivity index (χ4n) is 2.97. The molecule has 2 aliphatic heterocycles. The van der Waals surface area contributed by atoms with Gasteiger partial charge in [-0.25, -0.2) is 0 Å². The number of carbonyl (C=O) groups is 1. The molecule has 0 spiro atoms. The highest BCUT2D eigenvalue weighted by molar-refractivity contribution is 8.16. The van der Waals surface area contributed by atoms with Crippen LogP contribution < -0.4 is 10.1 Å². The van der Waals surface area contributed by atoms with Crippen LogP contribution in [0.2, 0.25) is 0 Å². The van der Waals surface area contributed by atoms with Crippen LogP contribution >= 0.6 is 23.5 Å². The Morgan fingerprint density at radius 3 is 2.88 bits per heavy atom. The Labute approximate surface area is 150 Å². The van der Waals surface area contributed by atoms with E-state index in [4.69, 9.17) is 4.74 Å². The minimum absolute atomic E-state index is 0.0641. The first-order valence-electron chi connectivity index (χ1n) is 8.20. The summed E-state index contributed by atoms with van der Waals surface area (Å²) >= 11 is 3.98. The number of carbonyl (C=O) groups excluding carboxylic acids is 1. The van der Waals surface area contributed by atoms with Gasteiger partial charge in [0.1, 0.15) is 5.75 Å². The van der Waals surface area contributed by atoms with Crippen molar-refractivity contribution < 1.29 is 9.53 Å². The zero-order chi connectivity index (χ0) is 16.4. The highest BCUT2D eigenvalue weighted by Crippen LogP contribution is 2.44. The van der Waals surface area contributed by atoms with Crippen molar-refractivity contribution in [2.75, 3.05) is 23.4 Å². The highest BCUT2D eigenvalue weighted by atomic mass is 32.2. The number of nitrogens with one attached hydrogen (secondary N) is 1. The SMILES string of the molecule is O=C(Nc1cccc(C2SCCCS2)c1)c1ccc2c(c1)CCO2. The average Bonchev–Trinajstić information content (AvgIpc) is 3.10. The second-order valence-corrected chi connectivity index (χ2v) is 8.65. The van der Waals surface area contributed by atoms with E-state index in [-0.39, 0.29) is 5.91 Å². The van der Waals surface area contributed by atoms with Gasteiger partial charge in [0.25, 0.3) is 5.91 Å². The topological polar surface area (TPSA) is 38.3 Å². The number of rotatable bonds is 3. The summed E-state index contributed by atoms with van der Waals surface area (Å²) in [7, 11) is 0. The minimum atomic E-state index is -0.0641. The van der Waals surface area contributed by atoms with E-state index in [0.29, 0.717) is 16.8 Å². The summed E-state index contributed by atoms with van der Waals surface area (Å²) in [5.41, 5.74) is 3.95. The molecule has 0 unspecified atom stereocenters. The normalized spacial score (nSPS) is 17.2. The first-order chi connectivity index (χ1) is 11.8. The Hall–Kier alpha value is -1.59. The van der Waals surface area contributed by atoms with Crippen molar-refractivity contribution in [1.82, 2.24) is 0 Å². The third-order valence-electron chi connectivity index (χ3n) is 4.20. The van der Waals surface area contributed by atoms with Gasteiger partial charge in [-0.15, -0.1) is 23.5 Å². The largest absolute Gasteiger partial charge is 0.493 e. The van der Waals surface area contributed by atoms with Crippen LogP contribution in [0.25, 0.3) is 0 Å². The van der Waals surface area contributed by atoms with Gasteiger partial charge in [0.15, 0.2) is 0 Å². The first-order valence-corrected chi connectivity index (χ1v) is 10.3. The zero-order valence-electron chi connectivity index (χ0n) is 13.3. The maximum Gasteiger partial charge on any atom is 0.255 e. The van der Waals surface area contributed by atoms with E-state index < -0.39 is 0 Å². The second kappa shape index (κ2) is 7.11. The van der Waals surface area contributed by atoms with Crippen molar-refractivity contribution in [2.45, 2.75) is 17.4 Å². The van der Waals surface area contributed by atoms with Gasteiger partial charge in [0.05, 0.1) is 11.2 Å². The lowest BCUT2D eigenvalue weighted by Gasteiger charge is -2.21. The van der Waals surface area contributed by atoms with Crippen molar-refractivity contribution in [3.63, 3.8) is 0 Å². The molecule has 2 aromatic carbocycles. The van der Waals surface area contributed by atoms with Gasteiger partial charge in [-0.1, -0.05) is 12.1 Å². The molecule has 24 heavy (non-hydrogen) atoms. The van der Waals surface area contributed by atoms with Crippen LogP contribution in [0.1, 0.15) is 32.5 Å². The van der Waals surface area contributed by atoms with E-state index in [2.05, 4.69) is 17.4 Å². The molecule has 0 saturated carbocycles. The third-order valence-corrected chi connectivity index (χ3v) is 7.21. The molecule has 3 nitrogen and oxygen atoms in total. The van der Waals surface area contributed by atoms with Crippen LogP contribution in [0.3, 0.4) is 0 Å². The second-order valence-electron chi connectivity index (χ2n) is 5.93. The number of hydrogen-bond donors (Lipinski definition) is 1. The molecule has 0 bridgehead atoms. The number of ether oxygens (including phenoxy) is 1. The summed E-state index contributed by atoms with van der Waals surface area (Å²) in [5, 5.41) is 3.03. The molecule has 2 aliphatic rings. The zero-order valence-corrected chi connectivity index (χ0v) is 14.9. The molecule has 0 aliphatic carbocycles. The first kappa shape index (κ1) is 15.9. The fourth-order valence-corrected chi connectivity index (χ4v) is 5.85. The number of benzene rings is 2. The van der Waals surface area contributed by atoms with Crippen LogP contribution in [-0.2, 0) is 6.42 Å². The van der Waals surface area contributed by atoms with E-state index in [9.17, 15) is 4.79 Å². The Bertz CT molecular complexity index is 757. The van der Waals surface area contributed by atoms with Crippen molar-refractivity contribution in [3.8, 4) is 5.75 Å². The van der Waals surface area contributed by atoms with E-state index in [1.54, 1.807) is 0 Å². The lowest BCUT2D eigenvalue weighted by Crippen LogP contribution is -2.12. The number of fused-ring (bicyclic) bond motifs is 1. The maximum absolute atomic E-state index is 12.5. The summed E-state index contributed by atoms with van der Waals surface area (Å²) in [4.78, 5) is 12.5. The monoisotopic (exact) mass is 357 g/mol. The van der Waals surface area contributed by atoms with E-state index in [1.807, 2.05) is 53.9 Å². The van der Waals surface area contributed by atoms with Crippen LogP contribution in [0.4, 0.5) is 5.69 Å². The van der Waals surface area contributed by atoms with Crippen molar-refractivity contribution in [1.29, 1.82) is 0 Å². The van der Waals surface area contributed by atoms with Crippen LogP contribution in [-0.4, -0.2) is 24.0 Å². The maximum atomic E-state index is 12.5. The Morgan fingerprint density at radius 1 is 1.12 bits per heavy atom. The van der Waals surface area contributed by atoms with Gasteiger partial charge in [0, 0.05) is 17.7 Å². The summed E-state index contributed by atoms with van der Waals surface area (Å²) < 4.78 is 5.98. The van der Waals surface area contributed by atoms with E-state index in [0.717, 1.165) is 23.4 Å².